The molecule has 0 unspecified atom stereocenters. The summed E-state index contributed by atoms with van der Waals surface area (Å²) in [5.74, 6) is -0.910. The van der Waals surface area contributed by atoms with E-state index >= 15 is 4.39 Å². The molecule has 47 heavy (non-hydrogen) atoms. The third-order valence-corrected chi connectivity index (χ3v) is 7.81. The third-order valence-electron chi connectivity index (χ3n) is 7.81. The van der Waals surface area contributed by atoms with Crippen LogP contribution in [0.1, 0.15) is 73.9 Å². The molecule has 2 aliphatic heterocycles. The lowest BCUT2D eigenvalue weighted by Gasteiger charge is -2.29. The fraction of sp³-hybridized carbons (Fsp3) is 0.459. The topological polar surface area (TPSA) is 89.7 Å². The van der Waals surface area contributed by atoms with Gasteiger partial charge in [0.05, 0.1) is 24.5 Å². The van der Waals surface area contributed by atoms with Crippen molar-refractivity contribution in [2.45, 2.75) is 60.9 Å². The number of H-pyrrole nitrogens is 1. The molecule has 0 saturated carbocycles. The smallest absolute Gasteiger partial charge is 0.256 e. The number of hydrogen-bond acceptors (Lipinski definition) is 6. The average molecular weight is 654 g/mol. The van der Waals surface area contributed by atoms with Gasteiger partial charge in [0.2, 0.25) is 0 Å². The summed E-state index contributed by atoms with van der Waals surface area (Å²) in [6, 6.07) is 5.96. The van der Waals surface area contributed by atoms with Gasteiger partial charge in [0.25, 0.3) is 5.91 Å². The third kappa shape index (κ3) is 11.6. The monoisotopic (exact) mass is 653 g/mol. The Kier molecular flexibility index (Phi) is 17.5. The minimum Gasteiger partial charge on any atom is -0.394 e. The molecule has 1 saturated heterocycles. The number of carbonyl (C=O) groups excluding carboxylic acids is 2. The van der Waals surface area contributed by atoms with Gasteiger partial charge < -0.3 is 25.3 Å². The van der Waals surface area contributed by atoms with E-state index in [1.165, 1.54) is 18.2 Å². The minimum atomic E-state index is -0.566. The number of rotatable bonds is 12. The van der Waals surface area contributed by atoms with Crippen LogP contribution in [0.2, 0.25) is 0 Å². The Hall–Kier alpha value is -4.02. The normalized spacial score (nSPS) is 16.3. The molecular weight excluding hydrogens is 600 g/mol. The molecule has 0 radical (unpaired) electrons. The summed E-state index contributed by atoms with van der Waals surface area (Å²) < 4.78 is 34.1. The van der Waals surface area contributed by atoms with Crippen LogP contribution in [-0.4, -0.2) is 80.0 Å². The second-order valence-electron chi connectivity index (χ2n) is 10.8. The van der Waals surface area contributed by atoms with E-state index in [9.17, 15) is 14.0 Å². The standard InChI is InChI=1S/C33H41F2N5O3.2C2H6/c1-23(19-28(35)29(10-11-36-3)37-21-25-6-8-27(34)9-7-25)26(22-41)20-31-24(2)32-30(38-31)5-4-12-40(33(32)42)14-13-39-15-17-43-18-16-39;2*1-2/h6-11,19-20,22,36-38H,4-5,12-18,21H2,1-3H3;2*1-2H3/b11-10+,23-19+,26-20+,29-28-;;. The number of nitrogens with one attached hydrogen (secondary N) is 3. The fourth-order valence-electron chi connectivity index (χ4n) is 5.24. The number of aryl methyl sites for hydroxylation is 1. The molecule has 1 amide bonds. The highest BCUT2D eigenvalue weighted by molar-refractivity contribution is 5.99. The first-order valence-corrected chi connectivity index (χ1v) is 16.7. The van der Waals surface area contributed by atoms with Crippen LogP contribution in [0.15, 0.2) is 65.3 Å². The maximum absolute atomic E-state index is 15.4. The van der Waals surface area contributed by atoms with Crippen molar-refractivity contribution >= 4 is 18.3 Å². The molecule has 1 aromatic carbocycles. The number of nitrogens with zero attached hydrogens (tertiary/aromatic N) is 2. The number of benzene rings is 1. The lowest BCUT2D eigenvalue weighted by molar-refractivity contribution is -0.104. The Bertz CT molecular complexity index is 1400. The van der Waals surface area contributed by atoms with Crippen LogP contribution in [0.3, 0.4) is 0 Å². The Morgan fingerprint density at radius 2 is 1.74 bits per heavy atom. The Balaban J connectivity index is 0.00000185. The number of ether oxygens (including phenoxy) is 1. The van der Waals surface area contributed by atoms with Crippen molar-refractivity contribution in [2.24, 2.45) is 0 Å². The minimum absolute atomic E-state index is 0.00348. The molecule has 8 nitrogen and oxygen atoms in total. The van der Waals surface area contributed by atoms with Crippen LogP contribution >= 0.6 is 0 Å². The molecule has 1 aromatic heterocycles. The van der Waals surface area contributed by atoms with Gasteiger partial charge in [-0.15, -0.1) is 0 Å². The van der Waals surface area contributed by atoms with Gasteiger partial charge in [-0.1, -0.05) is 39.8 Å². The number of aromatic amines is 1. The quantitative estimate of drug-likeness (QED) is 0.138. The van der Waals surface area contributed by atoms with E-state index in [1.807, 2.05) is 39.5 Å². The first-order chi connectivity index (χ1) is 22.8. The number of hydrogen-bond donors (Lipinski definition) is 3. The van der Waals surface area contributed by atoms with Crippen molar-refractivity contribution in [1.29, 1.82) is 0 Å². The SMILES string of the molecule is CC.CC.CN/C=C/C(NCc1ccc(F)cc1)=C(F)\C=C(C)\C(C=O)=C\c1[nH]c2c(c1C)C(=O)N(CCN1CCOCC1)CCC2. The molecule has 3 N–H and O–H groups in total. The molecule has 258 valence electrons. The van der Waals surface area contributed by atoms with Crippen LogP contribution in [0.5, 0.6) is 0 Å². The highest BCUT2D eigenvalue weighted by Crippen LogP contribution is 2.27. The highest BCUT2D eigenvalue weighted by Gasteiger charge is 2.27. The summed E-state index contributed by atoms with van der Waals surface area (Å²) in [6.45, 7) is 17.2. The summed E-state index contributed by atoms with van der Waals surface area (Å²) in [5.41, 5.74) is 4.68. The first kappa shape index (κ1) is 39.2. The van der Waals surface area contributed by atoms with Gasteiger partial charge in [-0.3, -0.25) is 14.5 Å². The zero-order valence-corrected chi connectivity index (χ0v) is 29.1. The summed E-state index contributed by atoms with van der Waals surface area (Å²) >= 11 is 0. The average Bonchev–Trinajstić information content (AvgIpc) is 3.32. The largest absolute Gasteiger partial charge is 0.394 e. The second-order valence-corrected chi connectivity index (χ2v) is 10.8. The molecule has 0 aliphatic carbocycles. The van der Waals surface area contributed by atoms with Crippen LogP contribution in [0.25, 0.3) is 6.08 Å². The van der Waals surface area contributed by atoms with E-state index in [-0.39, 0.29) is 24.0 Å². The van der Waals surface area contributed by atoms with Crippen molar-refractivity contribution in [3.63, 3.8) is 0 Å². The van der Waals surface area contributed by atoms with Gasteiger partial charge in [0.15, 0.2) is 0 Å². The first-order valence-electron chi connectivity index (χ1n) is 16.7. The molecule has 0 atom stereocenters. The molecule has 0 spiro atoms. The predicted octanol–water partition coefficient (Wildman–Crippen LogP) is 6.47. The Morgan fingerprint density at radius 1 is 1.06 bits per heavy atom. The lowest BCUT2D eigenvalue weighted by Crippen LogP contribution is -2.43. The molecule has 2 aliphatic rings. The Labute approximate surface area is 279 Å². The number of halogens is 2. The predicted molar refractivity (Wildman–Crippen MR) is 187 cm³/mol. The van der Waals surface area contributed by atoms with E-state index in [2.05, 4.69) is 20.5 Å². The van der Waals surface area contributed by atoms with E-state index in [1.54, 1.807) is 44.5 Å². The maximum atomic E-state index is 15.4. The Morgan fingerprint density at radius 3 is 2.38 bits per heavy atom. The van der Waals surface area contributed by atoms with Crippen LogP contribution in [0.4, 0.5) is 8.78 Å². The fourth-order valence-corrected chi connectivity index (χ4v) is 5.24. The van der Waals surface area contributed by atoms with Crippen molar-refractivity contribution in [3.05, 3.63) is 99.2 Å². The van der Waals surface area contributed by atoms with Crippen LogP contribution in [0, 0.1) is 12.7 Å². The highest BCUT2D eigenvalue weighted by atomic mass is 19.1. The number of allylic oxidation sites excluding steroid dienone is 5. The van der Waals surface area contributed by atoms with Crippen LogP contribution in [-0.2, 0) is 22.5 Å². The van der Waals surface area contributed by atoms with Gasteiger partial charge in [-0.25, -0.2) is 8.78 Å². The van der Waals surface area contributed by atoms with Crippen molar-refractivity contribution in [2.75, 3.05) is 53.0 Å². The van der Waals surface area contributed by atoms with E-state index in [0.29, 0.717) is 41.8 Å². The molecule has 10 heteroatoms. The van der Waals surface area contributed by atoms with Gasteiger partial charge in [0, 0.05) is 63.3 Å². The van der Waals surface area contributed by atoms with Gasteiger partial charge in [-0.2, -0.15) is 0 Å². The number of carbonyl (C=O) groups is 2. The second kappa shape index (κ2) is 21.0. The van der Waals surface area contributed by atoms with Gasteiger partial charge in [-0.05, 0) is 79.9 Å². The molecule has 2 aromatic rings. The van der Waals surface area contributed by atoms with Gasteiger partial charge in [0.1, 0.15) is 17.9 Å². The van der Waals surface area contributed by atoms with Crippen molar-refractivity contribution in [1.82, 2.24) is 25.4 Å². The number of morpholine rings is 1. The number of aromatic nitrogens is 1. The van der Waals surface area contributed by atoms with E-state index in [0.717, 1.165) is 62.5 Å². The molecule has 1 fully saturated rings. The number of fused-ring (bicyclic) bond motifs is 1. The number of aldehydes is 1. The zero-order chi connectivity index (χ0) is 34.8. The molecule has 4 rings (SSSR count). The van der Waals surface area contributed by atoms with Crippen molar-refractivity contribution in [3.8, 4) is 0 Å². The molecular formula is C37H53F2N5O3. The summed E-state index contributed by atoms with van der Waals surface area (Å²) in [4.78, 5) is 33.3. The lowest BCUT2D eigenvalue weighted by atomic mass is 10.0. The molecule has 0 bridgehead atoms. The van der Waals surface area contributed by atoms with Crippen LogP contribution < -0.4 is 10.6 Å². The van der Waals surface area contributed by atoms with E-state index < -0.39 is 5.83 Å². The van der Waals surface area contributed by atoms with Gasteiger partial charge >= 0.3 is 0 Å². The summed E-state index contributed by atoms with van der Waals surface area (Å²) in [6.07, 6.45) is 8.38. The summed E-state index contributed by atoms with van der Waals surface area (Å²) in [5, 5.41) is 5.88. The van der Waals surface area contributed by atoms with E-state index in [4.69, 9.17) is 4.74 Å². The maximum Gasteiger partial charge on any atom is 0.256 e. The zero-order valence-electron chi connectivity index (χ0n) is 29.1. The van der Waals surface area contributed by atoms with Crippen molar-refractivity contribution < 1.29 is 23.1 Å². The molecule has 3 heterocycles. The number of amides is 1. The summed E-state index contributed by atoms with van der Waals surface area (Å²) in [7, 11) is 1.70.